The highest BCUT2D eigenvalue weighted by molar-refractivity contribution is 7.91. The van der Waals surface area contributed by atoms with Crippen LogP contribution in [0.25, 0.3) is 0 Å². The Kier molecular flexibility index (Phi) is 4.56. The Labute approximate surface area is 102 Å². The summed E-state index contributed by atoms with van der Waals surface area (Å²) in [5, 5.41) is 0. The van der Waals surface area contributed by atoms with E-state index in [0.29, 0.717) is 10.8 Å². The maximum absolute atomic E-state index is 11.9. The van der Waals surface area contributed by atoms with Crippen molar-refractivity contribution in [2.45, 2.75) is 18.7 Å². The average Bonchev–Trinajstić information content (AvgIpc) is 2.26. The van der Waals surface area contributed by atoms with Gasteiger partial charge in [-0.05, 0) is 26.0 Å². The van der Waals surface area contributed by atoms with Gasteiger partial charge in [0.2, 0.25) is 0 Å². The van der Waals surface area contributed by atoms with Crippen molar-refractivity contribution in [1.29, 1.82) is 0 Å². The molecule has 2 nitrogen and oxygen atoms in total. The first-order valence-corrected chi connectivity index (χ1v) is 7.15. The van der Waals surface area contributed by atoms with E-state index in [9.17, 15) is 8.42 Å². The summed E-state index contributed by atoms with van der Waals surface area (Å²) in [6, 6.07) is 6.86. The van der Waals surface area contributed by atoms with E-state index < -0.39 is 9.84 Å². The summed E-state index contributed by atoms with van der Waals surface area (Å²) >= 11 is 5.58. The zero-order valence-electron chi connectivity index (χ0n) is 9.40. The number of hydrogen-bond acceptors (Lipinski definition) is 2. The second kappa shape index (κ2) is 5.51. The maximum atomic E-state index is 11.9. The van der Waals surface area contributed by atoms with Crippen molar-refractivity contribution in [3.05, 3.63) is 41.5 Å². The van der Waals surface area contributed by atoms with Gasteiger partial charge in [-0.1, -0.05) is 29.3 Å². The van der Waals surface area contributed by atoms with Crippen LogP contribution in [0.5, 0.6) is 0 Å². The van der Waals surface area contributed by atoms with Crippen molar-refractivity contribution >= 4 is 21.4 Å². The van der Waals surface area contributed by atoms with Gasteiger partial charge in [0, 0.05) is 5.88 Å². The Balaban J connectivity index is 2.91. The molecule has 0 radical (unpaired) electrons. The predicted molar refractivity (Wildman–Crippen MR) is 67.7 cm³/mol. The van der Waals surface area contributed by atoms with Crippen LogP contribution in [-0.2, 0) is 9.84 Å². The molecule has 1 aromatic rings. The van der Waals surface area contributed by atoms with Gasteiger partial charge >= 0.3 is 0 Å². The molecule has 16 heavy (non-hydrogen) atoms. The zero-order valence-corrected chi connectivity index (χ0v) is 11.0. The smallest absolute Gasteiger partial charge is 0.181 e. The zero-order chi connectivity index (χ0) is 12.2. The minimum atomic E-state index is -3.22. The number of rotatable bonds is 4. The van der Waals surface area contributed by atoms with E-state index in [1.807, 2.05) is 13.8 Å². The van der Waals surface area contributed by atoms with Gasteiger partial charge in [0.25, 0.3) is 0 Å². The predicted octanol–water partition coefficient (Wildman–Crippen LogP) is 2.95. The first-order valence-electron chi connectivity index (χ1n) is 4.97. The molecule has 0 aliphatic rings. The van der Waals surface area contributed by atoms with Crippen LogP contribution in [0, 0.1) is 6.92 Å². The van der Waals surface area contributed by atoms with Gasteiger partial charge in [0.15, 0.2) is 9.84 Å². The molecule has 0 aromatic heterocycles. The third kappa shape index (κ3) is 3.65. The molecule has 0 spiro atoms. The summed E-state index contributed by atoms with van der Waals surface area (Å²) in [4.78, 5) is 0.358. The minimum absolute atomic E-state index is 0.00855. The van der Waals surface area contributed by atoms with Crippen molar-refractivity contribution in [3.8, 4) is 0 Å². The van der Waals surface area contributed by atoms with Crippen LogP contribution in [0.2, 0.25) is 0 Å². The molecule has 0 heterocycles. The molecule has 0 aliphatic carbocycles. The number of benzene rings is 1. The summed E-state index contributed by atoms with van der Waals surface area (Å²) in [5.41, 5.74) is 1.92. The van der Waals surface area contributed by atoms with Crippen molar-refractivity contribution in [3.63, 3.8) is 0 Å². The fourth-order valence-electron chi connectivity index (χ4n) is 1.15. The molecule has 0 N–H and O–H groups in total. The second-order valence-electron chi connectivity index (χ2n) is 3.78. The standard InChI is InChI=1S/C12H15ClO2S/c1-10-3-5-12(6-4-10)16(14,15)8-7-11(2)9-13/h3-7H,8-9H2,1-2H3/b11-7+. The Morgan fingerprint density at radius 3 is 2.38 bits per heavy atom. The lowest BCUT2D eigenvalue weighted by molar-refractivity contribution is 0.599. The molecule has 1 aromatic carbocycles. The lowest BCUT2D eigenvalue weighted by atomic mass is 10.2. The lowest BCUT2D eigenvalue weighted by Crippen LogP contribution is -2.05. The molecule has 0 aliphatic heterocycles. The molecule has 1 rings (SSSR count). The molecule has 0 atom stereocenters. The molecule has 0 fully saturated rings. The van der Waals surface area contributed by atoms with Crippen LogP contribution in [0.15, 0.2) is 40.8 Å². The Morgan fingerprint density at radius 1 is 1.31 bits per heavy atom. The number of sulfone groups is 1. The molecule has 88 valence electrons. The molecule has 0 bridgehead atoms. The number of allylic oxidation sites excluding steroid dienone is 1. The summed E-state index contributed by atoms with van der Waals surface area (Å²) < 4.78 is 23.8. The molecule has 4 heteroatoms. The van der Waals surface area contributed by atoms with Crippen molar-refractivity contribution in [2.24, 2.45) is 0 Å². The number of halogens is 1. The maximum Gasteiger partial charge on any atom is 0.181 e. The highest BCUT2D eigenvalue weighted by Crippen LogP contribution is 2.13. The van der Waals surface area contributed by atoms with Crippen LogP contribution in [0.1, 0.15) is 12.5 Å². The third-order valence-electron chi connectivity index (χ3n) is 2.24. The van der Waals surface area contributed by atoms with E-state index in [-0.39, 0.29) is 5.75 Å². The van der Waals surface area contributed by atoms with E-state index in [1.54, 1.807) is 30.3 Å². The first-order chi connectivity index (χ1) is 7.45. The van der Waals surface area contributed by atoms with Gasteiger partial charge in [0.1, 0.15) is 0 Å². The van der Waals surface area contributed by atoms with E-state index in [2.05, 4.69) is 0 Å². The van der Waals surface area contributed by atoms with E-state index in [0.717, 1.165) is 11.1 Å². The Morgan fingerprint density at radius 2 is 1.88 bits per heavy atom. The van der Waals surface area contributed by atoms with Gasteiger partial charge < -0.3 is 0 Å². The van der Waals surface area contributed by atoms with Crippen LogP contribution >= 0.6 is 11.6 Å². The first kappa shape index (κ1) is 13.3. The van der Waals surface area contributed by atoms with Crippen LogP contribution in [-0.4, -0.2) is 20.1 Å². The van der Waals surface area contributed by atoms with Gasteiger partial charge in [-0.3, -0.25) is 0 Å². The molecule has 0 saturated heterocycles. The minimum Gasteiger partial charge on any atom is -0.223 e. The topological polar surface area (TPSA) is 34.1 Å². The van der Waals surface area contributed by atoms with Crippen molar-refractivity contribution in [1.82, 2.24) is 0 Å². The highest BCUT2D eigenvalue weighted by Gasteiger charge is 2.11. The van der Waals surface area contributed by atoms with Crippen LogP contribution < -0.4 is 0 Å². The molecular formula is C12H15ClO2S. The van der Waals surface area contributed by atoms with Crippen LogP contribution in [0.4, 0.5) is 0 Å². The normalized spacial score (nSPS) is 12.8. The monoisotopic (exact) mass is 258 g/mol. The van der Waals surface area contributed by atoms with E-state index >= 15 is 0 Å². The molecular weight excluding hydrogens is 244 g/mol. The van der Waals surface area contributed by atoms with Crippen LogP contribution in [0.3, 0.4) is 0 Å². The summed E-state index contributed by atoms with van der Waals surface area (Å²) in [6.07, 6.45) is 1.65. The lowest BCUT2D eigenvalue weighted by Gasteiger charge is -2.02. The quantitative estimate of drug-likeness (QED) is 0.615. The van der Waals surface area contributed by atoms with Crippen molar-refractivity contribution in [2.75, 3.05) is 11.6 Å². The molecule has 0 saturated carbocycles. The number of hydrogen-bond donors (Lipinski definition) is 0. The number of aryl methyl sites for hydroxylation is 1. The van der Waals surface area contributed by atoms with Crippen molar-refractivity contribution < 1.29 is 8.42 Å². The van der Waals surface area contributed by atoms with Gasteiger partial charge in [-0.25, -0.2) is 8.42 Å². The van der Waals surface area contributed by atoms with Gasteiger partial charge in [0.05, 0.1) is 10.6 Å². The van der Waals surface area contributed by atoms with E-state index in [4.69, 9.17) is 11.6 Å². The summed E-state index contributed by atoms with van der Waals surface area (Å²) in [6.45, 7) is 3.74. The number of alkyl halides is 1. The molecule has 0 unspecified atom stereocenters. The summed E-state index contributed by atoms with van der Waals surface area (Å²) in [7, 11) is -3.22. The second-order valence-corrected chi connectivity index (χ2v) is 6.08. The van der Waals surface area contributed by atoms with E-state index in [1.165, 1.54) is 0 Å². The summed E-state index contributed by atoms with van der Waals surface area (Å²) in [5.74, 6) is 0.373. The van der Waals surface area contributed by atoms with Gasteiger partial charge in [-0.15, -0.1) is 11.6 Å². The Hall–Kier alpha value is -0.800. The Bertz CT molecular complexity index is 472. The fourth-order valence-corrected chi connectivity index (χ4v) is 2.50. The molecule has 0 amide bonds. The fraction of sp³-hybridized carbons (Fsp3) is 0.333. The third-order valence-corrected chi connectivity index (χ3v) is 4.26. The highest BCUT2D eigenvalue weighted by atomic mass is 35.5. The average molecular weight is 259 g/mol. The largest absolute Gasteiger partial charge is 0.223 e. The SMILES string of the molecule is C/C(=C\CS(=O)(=O)c1ccc(C)cc1)CCl. The van der Waals surface area contributed by atoms with Gasteiger partial charge in [-0.2, -0.15) is 0 Å².